The number of aromatic nitrogens is 2. The van der Waals surface area contributed by atoms with Gasteiger partial charge in [-0.15, -0.1) is 22.7 Å². The zero-order valence-electron chi connectivity index (χ0n) is 15.2. The molecule has 8 heteroatoms. The molecule has 0 fully saturated rings. The average Bonchev–Trinajstić information content (AvgIpc) is 3.08. The topological polar surface area (TPSA) is 55.2 Å². The number of hydrogen-bond donors (Lipinski definition) is 0. The van der Waals surface area contributed by atoms with Gasteiger partial charge in [0, 0.05) is 24.9 Å². The van der Waals surface area contributed by atoms with Gasteiger partial charge in [-0.2, -0.15) is 0 Å². The maximum absolute atomic E-state index is 13.0. The van der Waals surface area contributed by atoms with Crippen molar-refractivity contribution in [3.05, 3.63) is 47.4 Å². The summed E-state index contributed by atoms with van der Waals surface area (Å²) in [4.78, 5) is 35.0. The lowest BCUT2D eigenvalue weighted by Crippen LogP contribution is -2.26. The third-order valence-electron chi connectivity index (χ3n) is 4.97. The molecule has 5 nitrogen and oxygen atoms in total. The Labute approximate surface area is 173 Å². The molecule has 0 bridgehead atoms. The minimum absolute atomic E-state index is 0.00883. The Morgan fingerprint density at radius 1 is 1.30 bits per heavy atom. The molecule has 1 amide bonds. The normalized spacial score (nSPS) is 14.2. The van der Waals surface area contributed by atoms with Crippen LogP contribution in [0, 0.1) is 6.92 Å². The molecule has 3 aromatic rings. The van der Waals surface area contributed by atoms with E-state index in [1.54, 1.807) is 23.3 Å². The van der Waals surface area contributed by atoms with Gasteiger partial charge in [-0.3, -0.25) is 14.2 Å². The SMILES string of the molecule is Cc1c(C(=O)N(C)Cc2ccc(Br)s2)sc2nc3n(c(=O)c12)CCCCC3. The van der Waals surface area contributed by atoms with E-state index in [1.165, 1.54) is 11.3 Å². The molecular weight excluding hydrogens is 446 g/mol. The molecule has 142 valence electrons. The van der Waals surface area contributed by atoms with E-state index >= 15 is 0 Å². The maximum atomic E-state index is 13.0. The predicted octanol–water partition coefficient (Wildman–Crippen LogP) is 4.59. The fourth-order valence-electron chi connectivity index (χ4n) is 3.53. The first-order chi connectivity index (χ1) is 13.0. The molecule has 0 saturated heterocycles. The number of rotatable bonds is 3. The van der Waals surface area contributed by atoms with Crippen LogP contribution < -0.4 is 5.56 Å². The Morgan fingerprint density at radius 2 is 2.11 bits per heavy atom. The van der Waals surface area contributed by atoms with Crippen LogP contribution in [0.3, 0.4) is 0 Å². The van der Waals surface area contributed by atoms with Crippen molar-refractivity contribution in [3.63, 3.8) is 0 Å². The Bertz CT molecular complexity index is 1080. The van der Waals surface area contributed by atoms with Crippen LogP contribution in [0.25, 0.3) is 10.2 Å². The largest absolute Gasteiger partial charge is 0.336 e. The minimum Gasteiger partial charge on any atom is -0.336 e. The molecule has 27 heavy (non-hydrogen) atoms. The van der Waals surface area contributed by atoms with Gasteiger partial charge in [0.15, 0.2) is 0 Å². The van der Waals surface area contributed by atoms with E-state index < -0.39 is 0 Å². The molecular formula is C19H20BrN3O2S2. The van der Waals surface area contributed by atoms with Crippen molar-refractivity contribution in [1.29, 1.82) is 0 Å². The average molecular weight is 466 g/mol. The number of halogens is 1. The molecule has 1 aliphatic heterocycles. The first-order valence-electron chi connectivity index (χ1n) is 8.98. The van der Waals surface area contributed by atoms with Crippen molar-refractivity contribution < 1.29 is 4.79 Å². The third-order valence-corrected chi connectivity index (χ3v) is 7.76. The molecule has 0 unspecified atom stereocenters. The van der Waals surface area contributed by atoms with Gasteiger partial charge in [0.05, 0.1) is 20.6 Å². The van der Waals surface area contributed by atoms with Crippen molar-refractivity contribution in [2.75, 3.05) is 7.05 Å². The monoisotopic (exact) mass is 465 g/mol. The lowest BCUT2D eigenvalue weighted by Gasteiger charge is -2.15. The van der Waals surface area contributed by atoms with Crippen LogP contribution in [-0.4, -0.2) is 27.4 Å². The quantitative estimate of drug-likeness (QED) is 0.568. The van der Waals surface area contributed by atoms with Crippen molar-refractivity contribution in [2.24, 2.45) is 0 Å². The standard InChI is InChI=1S/C19H20BrN3O2S2/c1-11-15-17(21-14-6-4-3-5-9-23(14)18(15)24)27-16(11)19(25)22(2)10-12-7-8-13(20)26-12/h7-8H,3-6,9-10H2,1-2H3. The third kappa shape index (κ3) is 3.50. The molecule has 0 N–H and O–H groups in total. The lowest BCUT2D eigenvalue weighted by molar-refractivity contribution is 0.0790. The minimum atomic E-state index is -0.0559. The fourth-order valence-corrected chi connectivity index (χ4v) is 6.25. The van der Waals surface area contributed by atoms with Crippen LogP contribution in [0.15, 0.2) is 20.7 Å². The van der Waals surface area contributed by atoms with Crippen LogP contribution in [0.5, 0.6) is 0 Å². The summed E-state index contributed by atoms with van der Waals surface area (Å²) in [5, 5.41) is 0.612. The van der Waals surface area contributed by atoms with Crippen LogP contribution >= 0.6 is 38.6 Å². The highest BCUT2D eigenvalue weighted by Crippen LogP contribution is 2.30. The summed E-state index contributed by atoms with van der Waals surface area (Å²) in [5.74, 6) is 0.807. The van der Waals surface area contributed by atoms with E-state index in [0.717, 1.165) is 52.3 Å². The number of thiophene rings is 2. The number of carbonyl (C=O) groups is 1. The Balaban J connectivity index is 1.72. The summed E-state index contributed by atoms with van der Waals surface area (Å²) in [5.41, 5.74) is 0.769. The van der Waals surface area contributed by atoms with Crippen LogP contribution in [0.2, 0.25) is 0 Å². The second-order valence-electron chi connectivity index (χ2n) is 6.90. The molecule has 0 saturated carbocycles. The van der Waals surface area contributed by atoms with E-state index in [4.69, 9.17) is 4.98 Å². The maximum Gasteiger partial charge on any atom is 0.264 e. The van der Waals surface area contributed by atoms with E-state index in [0.29, 0.717) is 21.6 Å². The Morgan fingerprint density at radius 3 is 2.85 bits per heavy atom. The molecule has 4 rings (SSSR count). The van der Waals surface area contributed by atoms with Gasteiger partial charge in [-0.05, 0) is 53.4 Å². The molecule has 0 spiro atoms. The molecule has 0 aromatic carbocycles. The van der Waals surface area contributed by atoms with Crippen molar-refractivity contribution in [3.8, 4) is 0 Å². The second kappa shape index (κ2) is 7.48. The molecule has 3 aromatic heterocycles. The summed E-state index contributed by atoms with van der Waals surface area (Å²) < 4.78 is 2.87. The Hall–Kier alpha value is -1.51. The molecule has 1 aliphatic rings. The highest BCUT2D eigenvalue weighted by Gasteiger charge is 2.24. The first-order valence-corrected chi connectivity index (χ1v) is 11.4. The molecule has 0 atom stereocenters. The lowest BCUT2D eigenvalue weighted by atomic mass is 10.2. The van der Waals surface area contributed by atoms with Crippen LogP contribution in [0.1, 0.15) is 45.2 Å². The van der Waals surface area contributed by atoms with Gasteiger partial charge >= 0.3 is 0 Å². The van der Waals surface area contributed by atoms with Crippen molar-refractivity contribution >= 4 is 54.7 Å². The van der Waals surface area contributed by atoms with Crippen molar-refractivity contribution in [1.82, 2.24) is 14.5 Å². The van der Waals surface area contributed by atoms with Gasteiger partial charge < -0.3 is 4.90 Å². The number of fused-ring (bicyclic) bond motifs is 2. The Kier molecular flexibility index (Phi) is 5.22. The summed E-state index contributed by atoms with van der Waals surface area (Å²) in [6, 6.07) is 4.00. The number of aryl methyl sites for hydroxylation is 2. The fraction of sp³-hybridized carbons (Fsp3) is 0.421. The highest BCUT2D eigenvalue weighted by molar-refractivity contribution is 9.11. The van der Waals surface area contributed by atoms with E-state index in [9.17, 15) is 9.59 Å². The number of carbonyl (C=O) groups excluding carboxylic acids is 1. The van der Waals surface area contributed by atoms with Crippen LogP contribution in [0.4, 0.5) is 0 Å². The molecule has 4 heterocycles. The van der Waals surface area contributed by atoms with Crippen molar-refractivity contribution in [2.45, 2.75) is 45.7 Å². The number of amides is 1. The van der Waals surface area contributed by atoms with Gasteiger partial charge in [0.1, 0.15) is 10.7 Å². The zero-order valence-corrected chi connectivity index (χ0v) is 18.5. The van der Waals surface area contributed by atoms with Crippen LogP contribution in [-0.2, 0) is 19.5 Å². The van der Waals surface area contributed by atoms with Gasteiger partial charge in [0.25, 0.3) is 11.5 Å². The first kappa shape index (κ1) is 18.8. The zero-order chi connectivity index (χ0) is 19.1. The smallest absolute Gasteiger partial charge is 0.264 e. The molecule has 0 aliphatic carbocycles. The van der Waals surface area contributed by atoms with Gasteiger partial charge in [0.2, 0.25) is 0 Å². The predicted molar refractivity (Wildman–Crippen MR) is 114 cm³/mol. The van der Waals surface area contributed by atoms with Gasteiger partial charge in [-0.1, -0.05) is 6.42 Å². The van der Waals surface area contributed by atoms with E-state index in [1.807, 2.05) is 23.6 Å². The van der Waals surface area contributed by atoms with Gasteiger partial charge in [-0.25, -0.2) is 4.98 Å². The van der Waals surface area contributed by atoms with E-state index in [2.05, 4.69) is 15.9 Å². The number of hydrogen-bond acceptors (Lipinski definition) is 5. The number of nitrogens with zero attached hydrogens (tertiary/aromatic N) is 3. The summed E-state index contributed by atoms with van der Waals surface area (Å²) >= 11 is 6.42. The summed E-state index contributed by atoms with van der Waals surface area (Å²) in [7, 11) is 1.80. The molecule has 0 radical (unpaired) electrons. The summed E-state index contributed by atoms with van der Waals surface area (Å²) in [6.45, 7) is 3.14. The summed E-state index contributed by atoms with van der Waals surface area (Å²) in [6.07, 6.45) is 4.03. The second-order valence-corrected chi connectivity index (χ2v) is 10.4. The highest BCUT2D eigenvalue weighted by atomic mass is 79.9. The van der Waals surface area contributed by atoms with E-state index in [-0.39, 0.29) is 11.5 Å².